The smallest absolute Gasteiger partial charge is 0.0991 e. The maximum atomic E-state index is 8.74. The number of hydrogen-bond donors (Lipinski definition) is 1. The van der Waals surface area contributed by atoms with Crippen molar-refractivity contribution in [3.63, 3.8) is 0 Å². The predicted octanol–water partition coefficient (Wildman–Crippen LogP) is 2.27. The van der Waals surface area contributed by atoms with Crippen molar-refractivity contribution >= 4 is 5.71 Å². The minimum Gasteiger partial charge on any atom is -0.323 e. The molecule has 2 rings (SSSR count). The first-order valence-electron chi connectivity index (χ1n) is 5.19. The number of rotatable bonds is 2. The van der Waals surface area contributed by atoms with Gasteiger partial charge >= 0.3 is 0 Å². The van der Waals surface area contributed by atoms with Crippen molar-refractivity contribution in [1.82, 2.24) is 0 Å². The first-order valence-corrected chi connectivity index (χ1v) is 5.19. The molecule has 2 N–H and O–H groups in total. The summed E-state index contributed by atoms with van der Waals surface area (Å²) in [5.41, 5.74) is 3.20. The van der Waals surface area contributed by atoms with Gasteiger partial charge in [0.15, 0.2) is 0 Å². The summed E-state index contributed by atoms with van der Waals surface area (Å²) >= 11 is 0. The summed E-state index contributed by atoms with van der Waals surface area (Å²) in [5, 5.41) is 12.6. The standard InChI is InChI=1S/C14H11N3/c15-10-11-6-8-13(9-7-11)14(17-16)12-4-2-1-3-5-12/h1-9H,16H2. The summed E-state index contributed by atoms with van der Waals surface area (Å²) in [5.74, 6) is 5.43. The molecule has 0 aliphatic rings. The molecule has 0 unspecified atom stereocenters. The number of benzene rings is 2. The van der Waals surface area contributed by atoms with Gasteiger partial charge in [0.05, 0.1) is 17.3 Å². The Morgan fingerprint density at radius 2 is 1.53 bits per heavy atom. The molecule has 0 spiro atoms. The third kappa shape index (κ3) is 2.32. The first-order chi connectivity index (χ1) is 8.35. The Kier molecular flexibility index (Phi) is 3.18. The molecule has 3 nitrogen and oxygen atoms in total. The lowest BCUT2D eigenvalue weighted by Crippen LogP contribution is -2.06. The third-order valence-electron chi connectivity index (χ3n) is 2.46. The van der Waals surface area contributed by atoms with Crippen molar-refractivity contribution in [2.24, 2.45) is 10.9 Å². The third-order valence-corrected chi connectivity index (χ3v) is 2.46. The molecule has 0 saturated heterocycles. The highest BCUT2D eigenvalue weighted by molar-refractivity contribution is 6.12. The highest BCUT2D eigenvalue weighted by atomic mass is 15.1. The average Bonchev–Trinajstić information content (AvgIpc) is 2.42. The highest BCUT2D eigenvalue weighted by Gasteiger charge is 2.05. The molecular weight excluding hydrogens is 210 g/mol. The second-order valence-corrected chi connectivity index (χ2v) is 3.53. The normalized spacial score (nSPS) is 10.9. The van der Waals surface area contributed by atoms with Crippen molar-refractivity contribution in [3.05, 3.63) is 71.3 Å². The molecule has 0 radical (unpaired) electrons. The van der Waals surface area contributed by atoms with Crippen molar-refractivity contribution in [2.75, 3.05) is 0 Å². The van der Waals surface area contributed by atoms with Crippen LogP contribution >= 0.6 is 0 Å². The van der Waals surface area contributed by atoms with Crippen LogP contribution in [0.3, 0.4) is 0 Å². The summed E-state index contributed by atoms with van der Waals surface area (Å²) in [4.78, 5) is 0. The van der Waals surface area contributed by atoms with Crippen LogP contribution in [0.25, 0.3) is 0 Å². The van der Waals surface area contributed by atoms with Crippen molar-refractivity contribution < 1.29 is 0 Å². The second-order valence-electron chi connectivity index (χ2n) is 3.53. The zero-order chi connectivity index (χ0) is 12.1. The Morgan fingerprint density at radius 3 is 2.06 bits per heavy atom. The van der Waals surface area contributed by atoms with E-state index in [4.69, 9.17) is 11.1 Å². The monoisotopic (exact) mass is 221 g/mol. The molecule has 2 aromatic rings. The summed E-state index contributed by atoms with van der Waals surface area (Å²) in [6, 6.07) is 19.0. The molecule has 0 atom stereocenters. The zero-order valence-electron chi connectivity index (χ0n) is 9.17. The van der Waals surface area contributed by atoms with Gasteiger partial charge in [-0.2, -0.15) is 10.4 Å². The Bertz CT molecular complexity index is 563. The van der Waals surface area contributed by atoms with Gasteiger partial charge in [0.1, 0.15) is 0 Å². The van der Waals surface area contributed by atoms with E-state index >= 15 is 0 Å². The minimum absolute atomic E-state index is 0.623. The van der Waals surface area contributed by atoms with Crippen LogP contribution in [0.5, 0.6) is 0 Å². The Balaban J connectivity index is 2.41. The Hall–Kier alpha value is -2.60. The Morgan fingerprint density at radius 1 is 0.941 bits per heavy atom. The summed E-state index contributed by atoms with van der Waals surface area (Å²) in [6.07, 6.45) is 0. The summed E-state index contributed by atoms with van der Waals surface area (Å²) < 4.78 is 0. The number of nitrogens with zero attached hydrogens (tertiary/aromatic N) is 2. The molecule has 0 fully saturated rings. The lowest BCUT2D eigenvalue weighted by atomic mass is 10.0. The average molecular weight is 221 g/mol. The van der Waals surface area contributed by atoms with E-state index in [0.29, 0.717) is 5.56 Å². The quantitative estimate of drug-likeness (QED) is 0.480. The van der Waals surface area contributed by atoms with E-state index in [1.54, 1.807) is 12.1 Å². The molecule has 0 heterocycles. The number of hydrogen-bond acceptors (Lipinski definition) is 3. The van der Waals surface area contributed by atoms with Crippen molar-refractivity contribution in [1.29, 1.82) is 5.26 Å². The van der Waals surface area contributed by atoms with Crippen LogP contribution in [0.1, 0.15) is 16.7 Å². The minimum atomic E-state index is 0.623. The van der Waals surface area contributed by atoms with E-state index in [9.17, 15) is 0 Å². The van der Waals surface area contributed by atoms with Crippen LogP contribution < -0.4 is 5.84 Å². The maximum Gasteiger partial charge on any atom is 0.0991 e. The molecule has 0 bridgehead atoms. The van der Waals surface area contributed by atoms with Crippen LogP contribution in [0.15, 0.2) is 59.7 Å². The lowest BCUT2D eigenvalue weighted by Gasteiger charge is -2.05. The van der Waals surface area contributed by atoms with Gasteiger partial charge in [0, 0.05) is 11.1 Å². The molecule has 0 aliphatic carbocycles. The number of nitriles is 1. The second kappa shape index (κ2) is 4.95. The van der Waals surface area contributed by atoms with Gasteiger partial charge in [0.2, 0.25) is 0 Å². The van der Waals surface area contributed by atoms with Gasteiger partial charge in [-0.05, 0) is 12.1 Å². The summed E-state index contributed by atoms with van der Waals surface area (Å²) in [6.45, 7) is 0. The molecular formula is C14H11N3. The van der Waals surface area contributed by atoms with E-state index in [1.807, 2.05) is 42.5 Å². The zero-order valence-corrected chi connectivity index (χ0v) is 9.17. The fourth-order valence-corrected chi connectivity index (χ4v) is 1.61. The van der Waals surface area contributed by atoms with Gasteiger partial charge in [0.25, 0.3) is 0 Å². The van der Waals surface area contributed by atoms with Crippen LogP contribution in [0.2, 0.25) is 0 Å². The van der Waals surface area contributed by atoms with Crippen molar-refractivity contribution in [3.8, 4) is 6.07 Å². The van der Waals surface area contributed by atoms with Gasteiger partial charge in [-0.15, -0.1) is 0 Å². The van der Waals surface area contributed by atoms with E-state index in [0.717, 1.165) is 16.8 Å². The van der Waals surface area contributed by atoms with Crippen LogP contribution in [0.4, 0.5) is 0 Å². The highest BCUT2D eigenvalue weighted by Crippen LogP contribution is 2.11. The van der Waals surface area contributed by atoms with Crippen LogP contribution in [-0.4, -0.2) is 5.71 Å². The fourth-order valence-electron chi connectivity index (χ4n) is 1.61. The van der Waals surface area contributed by atoms with Crippen LogP contribution in [-0.2, 0) is 0 Å². The lowest BCUT2D eigenvalue weighted by molar-refractivity contribution is 1.24. The molecule has 0 amide bonds. The molecule has 0 aromatic heterocycles. The molecule has 0 saturated carbocycles. The molecule has 3 heteroatoms. The SMILES string of the molecule is N#Cc1ccc(C(=NN)c2ccccc2)cc1. The van der Waals surface area contributed by atoms with Gasteiger partial charge in [-0.3, -0.25) is 0 Å². The fraction of sp³-hybridized carbons (Fsp3) is 0. The van der Waals surface area contributed by atoms with Gasteiger partial charge < -0.3 is 5.84 Å². The predicted molar refractivity (Wildman–Crippen MR) is 67.4 cm³/mol. The largest absolute Gasteiger partial charge is 0.323 e. The number of hydrazone groups is 1. The van der Waals surface area contributed by atoms with Crippen molar-refractivity contribution in [2.45, 2.75) is 0 Å². The topological polar surface area (TPSA) is 62.2 Å². The summed E-state index contributed by atoms with van der Waals surface area (Å²) in [7, 11) is 0. The van der Waals surface area contributed by atoms with Gasteiger partial charge in [-0.25, -0.2) is 0 Å². The number of nitrogens with two attached hydrogens (primary N) is 1. The van der Waals surface area contributed by atoms with E-state index in [1.165, 1.54) is 0 Å². The van der Waals surface area contributed by atoms with Gasteiger partial charge in [-0.1, -0.05) is 42.5 Å². The Labute approximate surface area is 99.8 Å². The maximum absolute atomic E-state index is 8.74. The van der Waals surface area contributed by atoms with E-state index in [2.05, 4.69) is 11.2 Å². The van der Waals surface area contributed by atoms with Crippen LogP contribution in [0, 0.1) is 11.3 Å². The van der Waals surface area contributed by atoms with E-state index < -0.39 is 0 Å². The molecule has 82 valence electrons. The van der Waals surface area contributed by atoms with E-state index in [-0.39, 0.29) is 0 Å². The molecule has 0 aliphatic heterocycles. The molecule has 17 heavy (non-hydrogen) atoms. The first kappa shape index (κ1) is 10.9. The molecule has 2 aromatic carbocycles.